The zero-order chi connectivity index (χ0) is 18.8. The van der Waals surface area contributed by atoms with Crippen molar-refractivity contribution >= 4 is 44.8 Å². The van der Waals surface area contributed by atoms with Crippen molar-refractivity contribution in [2.75, 3.05) is 18.8 Å². The molecule has 0 aliphatic carbocycles. The first kappa shape index (κ1) is 19.5. The van der Waals surface area contributed by atoms with Crippen molar-refractivity contribution in [3.8, 4) is 0 Å². The molecule has 134 valence electrons. The molecule has 2 N–H and O–H groups in total. The van der Waals surface area contributed by atoms with Crippen LogP contribution in [-0.4, -0.2) is 33.4 Å². The fourth-order valence-corrected chi connectivity index (χ4v) is 4.00. The maximum Gasteiger partial charge on any atom is 0.267 e. The van der Waals surface area contributed by atoms with E-state index < -0.39 is 15.9 Å². The highest BCUT2D eigenvalue weighted by Crippen LogP contribution is 2.30. The van der Waals surface area contributed by atoms with Gasteiger partial charge in [-0.25, -0.2) is 13.4 Å². The number of anilines is 1. The van der Waals surface area contributed by atoms with Crippen molar-refractivity contribution in [3.05, 3.63) is 57.6 Å². The fraction of sp³-hybridized carbons (Fsp3) is 0.188. The molecule has 0 atom stereocenters. The molecular weight excluding hydrogens is 385 g/mol. The van der Waals surface area contributed by atoms with Crippen LogP contribution in [0.2, 0.25) is 10.0 Å². The quantitative estimate of drug-likeness (QED) is 0.753. The first-order valence-corrected chi connectivity index (χ1v) is 9.41. The molecule has 0 radical (unpaired) electrons. The lowest BCUT2D eigenvalue weighted by Gasteiger charge is -2.15. The number of halogens is 2. The van der Waals surface area contributed by atoms with Gasteiger partial charge in [0.25, 0.3) is 15.9 Å². The van der Waals surface area contributed by atoms with Crippen LogP contribution in [0.5, 0.6) is 0 Å². The van der Waals surface area contributed by atoms with Gasteiger partial charge < -0.3 is 0 Å². The zero-order valence-corrected chi connectivity index (χ0v) is 16.1. The van der Waals surface area contributed by atoms with Crippen molar-refractivity contribution in [2.24, 2.45) is 0 Å². The van der Waals surface area contributed by atoms with Gasteiger partial charge in [-0.05, 0) is 36.8 Å². The summed E-state index contributed by atoms with van der Waals surface area (Å²) in [4.78, 5) is 11.9. The molecule has 0 unspecified atom stereocenters. The zero-order valence-electron chi connectivity index (χ0n) is 13.8. The summed E-state index contributed by atoms with van der Waals surface area (Å²) in [5.74, 6) is -0.543. The number of hydrogen-bond donors (Lipinski definition) is 2. The van der Waals surface area contributed by atoms with E-state index in [1.807, 2.05) is 13.0 Å². The van der Waals surface area contributed by atoms with Gasteiger partial charge in [0, 0.05) is 19.8 Å². The number of hydrogen-bond acceptors (Lipinski definition) is 4. The standard InChI is InChI=1S/C16H17Cl2N3O3S/c1-10-5-4-6-11(7-10)20-25(23,24)15-8-12(13(17)9-14(15)18)16(22)19-21(2)3/h4-9,20H,1-3H3,(H,19,22). The van der Waals surface area contributed by atoms with Crippen LogP contribution in [0.4, 0.5) is 5.69 Å². The molecule has 0 fully saturated rings. The number of nitrogens with zero attached hydrogens (tertiary/aromatic N) is 1. The maximum atomic E-state index is 12.7. The molecule has 0 heterocycles. The summed E-state index contributed by atoms with van der Waals surface area (Å²) < 4.78 is 27.8. The van der Waals surface area contributed by atoms with E-state index in [2.05, 4.69) is 10.1 Å². The Kier molecular flexibility index (Phi) is 5.95. The molecule has 0 spiro atoms. The van der Waals surface area contributed by atoms with Crippen molar-refractivity contribution in [1.29, 1.82) is 0 Å². The highest BCUT2D eigenvalue weighted by molar-refractivity contribution is 7.92. The van der Waals surface area contributed by atoms with E-state index in [1.54, 1.807) is 32.3 Å². The fourth-order valence-electron chi connectivity index (χ4n) is 2.09. The lowest BCUT2D eigenvalue weighted by molar-refractivity contribution is 0.0857. The normalized spacial score (nSPS) is 11.4. The maximum absolute atomic E-state index is 12.7. The smallest absolute Gasteiger partial charge is 0.267 e. The first-order valence-electron chi connectivity index (χ1n) is 7.17. The molecule has 2 rings (SSSR count). The van der Waals surface area contributed by atoms with E-state index in [0.717, 1.165) is 11.6 Å². The van der Waals surface area contributed by atoms with Gasteiger partial charge in [-0.15, -0.1) is 0 Å². The van der Waals surface area contributed by atoms with Crippen molar-refractivity contribution in [2.45, 2.75) is 11.8 Å². The summed E-state index contributed by atoms with van der Waals surface area (Å²) in [5.41, 5.74) is 3.80. The second kappa shape index (κ2) is 7.61. The second-order valence-electron chi connectivity index (χ2n) is 5.57. The van der Waals surface area contributed by atoms with Crippen LogP contribution in [0.3, 0.4) is 0 Å². The summed E-state index contributed by atoms with van der Waals surface area (Å²) in [6, 6.07) is 9.26. The van der Waals surface area contributed by atoms with Crippen LogP contribution in [0.15, 0.2) is 41.3 Å². The number of benzene rings is 2. The van der Waals surface area contributed by atoms with Crippen LogP contribution in [-0.2, 0) is 10.0 Å². The highest BCUT2D eigenvalue weighted by Gasteiger charge is 2.23. The summed E-state index contributed by atoms with van der Waals surface area (Å²) >= 11 is 12.1. The predicted molar refractivity (Wildman–Crippen MR) is 99.6 cm³/mol. The number of carbonyl (C=O) groups excluding carboxylic acids is 1. The van der Waals surface area contributed by atoms with Crippen LogP contribution in [0, 0.1) is 6.92 Å². The van der Waals surface area contributed by atoms with E-state index in [9.17, 15) is 13.2 Å². The number of rotatable bonds is 5. The Hall–Kier alpha value is -1.80. The third-order valence-corrected chi connectivity index (χ3v) is 5.31. The second-order valence-corrected chi connectivity index (χ2v) is 8.04. The minimum Gasteiger partial charge on any atom is -0.285 e. The number of aryl methyl sites for hydroxylation is 1. The van der Waals surface area contributed by atoms with Gasteiger partial charge >= 0.3 is 0 Å². The number of sulfonamides is 1. The topological polar surface area (TPSA) is 78.5 Å². The molecule has 0 bridgehead atoms. The SMILES string of the molecule is Cc1cccc(NS(=O)(=O)c2cc(C(=O)NN(C)C)c(Cl)cc2Cl)c1. The summed E-state index contributed by atoms with van der Waals surface area (Å²) in [6.07, 6.45) is 0. The third kappa shape index (κ3) is 4.85. The Morgan fingerprint density at radius 2 is 1.76 bits per heavy atom. The van der Waals surface area contributed by atoms with Crippen molar-refractivity contribution < 1.29 is 13.2 Å². The van der Waals surface area contributed by atoms with Crippen LogP contribution < -0.4 is 10.1 Å². The Labute approximate surface area is 156 Å². The number of nitrogens with one attached hydrogen (secondary N) is 2. The van der Waals surface area contributed by atoms with Crippen molar-refractivity contribution in [1.82, 2.24) is 10.4 Å². The average molecular weight is 402 g/mol. The van der Waals surface area contributed by atoms with Gasteiger partial charge in [0.05, 0.1) is 15.6 Å². The lowest BCUT2D eigenvalue weighted by atomic mass is 10.2. The molecule has 6 nitrogen and oxygen atoms in total. The molecule has 2 aromatic carbocycles. The number of carbonyl (C=O) groups is 1. The van der Waals surface area contributed by atoms with Gasteiger partial charge in [0.1, 0.15) is 4.90 Å². The van der Waals surface area contributed by atoms with E-state index in [1.165, 1.54) is 11.1 Å². The Balaban J connectivity index is 2.45. The molecule has 2 aromatic rings. The highest BCUT2D eigenvalue weighted by atomic mass is 35.5. The van der Waals surface area contributed by atoms with Gasteiger partial charge in [0.2, 0.25) is 0 Å². The Morgan fingerprint density at radius 1 is 1.08 bits per heavy atom. The molecule has 1 amide bonds. The summed E-state index contributed by atoms with van der Waals surface area (Å²) in [6.45, 7) is 1.84. The minimum atomic E-state index is -4.00. The molecule has 0 aliphatic rings. The van der Waals surface area contributed by atoms with Crippen molar-refractivity contribution in [3.63, 3.8) is 0 Å². The largest absolute Gasteiger partial charge is 0.285 e. The van der Waals surface area contributed by atoms with Gasteiger partial charge in [-0.1, -0.05) is 35.3 Å². The van der Waals surface area contributed by atoms with E-state index in [0.29, 0.717) is 5.69 Å². The van der Waals surface area contributed by atoms with Gasteiger partial charge in [-0.2, -0.15) is 0 Å². The molecule has 25 heavy (non-hydrogen) atoms. The predicted octanol–water partition coefficient (Wildman–Crippen LogP) is 3.31. The molecular formula is C16H17Cl2N3O3S. The van der Waals surface area contributed by atoms with E-state index in [-0.39, 0.29) is 20.5 Å². The summed E-state index contributed by atoms with van der Waals surface area (Å²) in [5, 5.41) is 1.40. The molecule has 0 aromatic heterocycles. The number of hydrazine groups is 1. The first-order chi connectivity index (χ1) is 11.6. The molecule has 0 aliphatic heterocycles. The lowest BCUT2D eigenvalue weighted by Crippen LogP contribution is -2.36. The average Bonchev–Trinajstić information content (AvgIpc) is 2.45. The van der Waals surface area contributed by atoms with E-state index in [4.69, 9.17) is 23.2 Å². The third-order valence-electron chi connectivity index (χ3n) is 3.15. The molecule has 0 saturated heterocycles. The monoisotopic (exact) mass is 401 g/mol. The Morgan fingerprint density at radius 3 is 2.36 bits per heavy atom. The number of amides is 1. The molecule has 9 heteroatoms. The Bertz CT molecular complexity index is 915. The van der Waals surface area contributed by atoms with Gasteiger partial charge in [-0.3, -0.25) is 14.9 Å². The van der Waals surface area contributed by atoms with Crippen LogP contribution in [0.1, 0.15) is 15.9 Å². The summed E-state index contributed by atoms with van der Waals surface area (Å²) in [7, 11) is -0.749. The molecule has 0 saturated carbocycles. The minimum absolute atomic E-state index is 0.00406. The van der Waals surface area contributed by atoms with Crippen LogP contribution in [0.25, 0.3) is 0 Å². The van der Waals surface area contributed by atoms with Crippen LogP contribution >= 0.6 is 23.2 Å². The van der Waals surface area contributed by atoms with Gasteiger partial charge in [0.15, 0.2) is 0 Å². The van der Waals surface area contributed by atoms with E-state index >= 15 is 0 Å².